The number of rotatable bonds is 4. The minimum Gasteiger partial charge on any atom is -0.366 e. The number of benzene rings is 1. The number of aromatic nitrogens is 3. The second-order valence-electron chi connectivity index (χ2n) is 4.62. The Bertz CT molecular complexity index is 763. The van der Waals surface area contributed by atoms with Crippen molar-refractivity contribution in [3.05, 3.63) is 71.4 Å². The highest BCUT2D eigenvalue weighted by molar-refractivity contribution is 6.29. The molecular weight excluding hydrogens is 303 g/mol. The van der Waals surface area contributed by atoms with Gasteiger partial charge in [-0.25, -0.2) is 14.4 Å². The molecule has 1 N–H and O–H groups in total. The smallest absolute Gasteiger partial charge is 0.163 e. The maximum Gasteiger partial charge on any atom is 0.163 e. The van der Waals surface area contributed by atoms with Crippen LogP contribution in [0.3, 0.4) is 0 Å². The lowest BCUT2D eigenvalue weighted by atomic mass is 10.2. The van der Waals surface area contributed by atoms with Crippen LogP contribution in [0.4, 0.5) is 10.2 Å². The Kier molecular flexibility index (Phi) is 4.25. The molecule has 1 aromatic carbocycles. The zero-order valence-corrected chi connectivity index (χ0v) is 12.3. The van der Waals surface area contributed by atoms with Crippen LogP contribution in [-0.4, -0.2) is 15.0 Å². The molecule has 6 heteroatoms. The van der Waals surface area contributed by atoms with Gasteiger partial charge < -0.3 is 5.32 Å². The van der Waals surface area contributed by atoms with Crippen LogP contribution < -0.4 is 5.32 Å². The molecule has 0 aliphatic heterocycles. The van der Waals surface area contributed by atoms with E-state index >= 15 is 0 Å². The first-order chi connectivity index (χ1) is 10.7. The maximum absolute atomic E-state index is 13.0. The number of anilines is 1. The average molecular weight is 315 g/mol. The van der Waals surface area contributed by atoms with Crippen molar-refractivity contribution < 1.29 is 4.39 Å². The molecule has 0 bridgehead atoms. The standard InChI is InChI=1S/C16H12ClFN4/c17-14-8-15(20-10-11-2-1-7-19-9-11)22-16(21-14)12-3-5-13(18)6-4-12/h1-9H,10H2,(H,20,21,22). The van der Waals surface area contributed by atoms with Gasteiger partial charge in [-0.3, -0.25) is 4.98 Å². The lowest BCUT2D eigenvalue weighted by Crippen LogP contribution is -2.03. The Morgan fingerprint density at radius 2 is 1.91 bits per heavy atom. The molecule has 0 atom stereocenters. The van der Waals surface area contributed by atoms with Gasteiger partial charge in [0.25, 0.3) is 0 Å². The van der Waals surface area contributed by atoms with E-state index in [-0.39, 0.29) is 5.82 Å². The summed E-state index contributed by atoms with van der Waals surface area (Å²) in [6.07, 6.45) is 3.49. The predicted molar refractivity (Wildman–Crippen MR) is 84.0 cm³/mol. The van der Waals surface area contributed by atoms with Crippen LogP contribution in [0.1, 0.15) is 5.56 Å². The summed E-state index contributed by atoms with van der Waals surface area (Å²) in [5.74, 6) is 0.741. The van der Waals surface area contributed by atoms with Crippen LogP contribution in [0.15, 0.2) is 54.9 Å². The molecule has 0 aliphatic rings. The summed E-state index contributed by atoms with van der Waals surface area (Å²) in [6.45, 7) is 0.573. The number of halogens is 2. The van der Waals surface area contributed by atoms with Crippen LogP contribution >= 0.6 is 11.6 Å². The summed E-state index contributed by atoms with van der Waals surface area (Å²) in [5.41, 5.74) is 1.73. The average Bonchev–Trinajstić information content (AvgIpc) is 2.54. The van der Waals surface area contributed by atoms with Gasteiger partial charge in [-0.05, 0) is 35.9 Å². The van der Waals surface area contributed by atoms with E-state index in [1.807, 2.05) is 12.1 Å². The second-order valence-corrected chi connectivity index (χ2v) is 5.01. The largest absolute Gasteiger partial charge is 0.366 e. The summed E-state index contributed by atoms with van der Waals surface area (Å²) in [4.78, 5) is 12.6. The molecular formula is C16H12ClFN4. The fourth-order valence-electron chi connectivity index (χ4n) is 1.93. The number of hydrogen-bond acceptors (Lipinski definition) is 4. The zero-order valence-electron chi connectivity index (χ0n) is 11.5. The molecule has 0 saturated carbocycles. The first-order valence-electron chi connectivity index (χ1n) is 6.64. The molecule has 22 heavy (non-hydrogen) atoms. The van der Waals surface area contributed by atoms with Crippen LogP contribution in [0.5, 0.6) is 0 Å². The maximum atomic E-state index is 13.0. The molecule has 0 saturated heterocycles. The molecule has 2 aromatic heterocycles. The summed E-state index contributed by atoms with van der Waals surface area (Å²) in [6, 6.07) is 11.4. The van der Waals surface area contributed by atoms with E-state index in [0.29, 0.717) is 28.9 Å². The van der Waals surface area contributed by atoms with Crippen LogP contribution in [0.2, 0.25) is 5.15 Å². The number of pyridine rings is 1. The second kappa shape index (κ2) is 6.49. The molecule has 4 nitrogen and oxygen atoms in total. The third-order valence-electron chi connectivity index (χ3n) is 2.99. The normalized spacial score (nSPS) is 10.5. The monoisotopic (exact) mass is 314 g/mol. The first-order valence-corrected chi connectivity index (χ1v) is 7.02. The van der Waals surface area contributed by atoms with Gasteiger partial charge in [-0.2, -0.15) is 0 Å². The Balaban J connectivity index is 1.82. The molecule has 0 radical (unpaired) electrons. The molecule has 2 heterocycles. The van der Waals surface area contributed by atoms with Gasteiger partial charge in [0.1, 0.15) is 16.8 Å². The Morgan fingerprint density at radius 3 is 2.64 bits per heavy atom. The van der Waals surface area contributed by atoms with Crippen LogP contribution in [0.25, 0.3) is 11.4 Å². The van der Waals surface area contributed by atoms with Crippen molar-refractivity contribution in [2.24, 2.45) is 0 Å². The van der Waals surface area contributed by atoms with Crippen molar-refractivity contribution in [1.29, 1.82) is 0 Å². The SMILES string of the molecule is Fc1ccc(-c2nc(Cl)cc(NCc3cccnc3)n2)cc1. The minimum atomic E-state index is -0.305. The van der Waals surface area contributed by atoms with Crippen molar-refractivity contribution in [2.75, 3.05) is 5.32 Å². The van der Waals surface area contributed by atoms with E-state index in [1.54, 1.807) is 30.6 Å². The molecule has 110 valence electrons. The van der Waals surface area contributed by atoms with E-state index in [4.69, 9.17) is 11.6 Å². The highest BCUT2D eigenvalue weighted by Crippen LogP contribution is 2.21. The van der Waals surface area contributed by atoms with E-state index in [1.165, 1.54) is 12.1 Å². The molecule has 3 aromatic rings. The van der Waals surface area contributed by atoms with Gasteiger partial charge in [0.05, 0.1) is 0 Å². The summed E-state index contributed by atoms with van der Waals surface area (Å²) >= 11 is 6.04. The topological polar surface area (TPSA) is 50.7 Å². The minimum absolute atomic E-state index is 0.305. The van der Waals surface area contributed by atoms with Crippen LogP contribution in [-0.2, 0) is 6.54 Å². The highest BCUT2D eigenvalue weighted by Gasteiger charge is 2.06. The predicted octanol–water partition coefficient (Wildman–Crippen LogP) is 3.94. The summed E-state index contributed by atoms with van der Waals surface area (Å²) in [5, 5.41) is 3.50. The summed E-state index contributed by atoms with van der Waals surface area (Å²) in [7, 11) is 0. The molecule has 0 unspecified atom stereocenters. The Morgan fingerprint density at radius 1 is 1.09 bits per heavy atom. The molecule has 0 aliphatic carbocycles. The van der Waals surface area contributed by atoms with Gasteiger partial charge in [-0.15, -0.1) is 0 Å². The van der Waals surface area contributed by atoms with Crippen molar-refractivity contribution in [1.82, 2.24) is 15.0 Å². The quantitative estimate of drug-likeness (QED) is 0.741. The number of nitrogens with one attached hydrogen (secondary N) is 1. The van der Waals surface area contributed by atoms with Crippen molar-refractivity contribution in [3.8, 4) is 11.4 Å². The lowest BCUT2D eigenvalue weighted by molar-refractivity contribution is 0.628. The first kappa shape index (κ1) is 14.4. The van der Waals surface area contributed by atoms with Crippen molar-refractivity contribution in [2.45, 2.75) is 6.54 Å². The fourth-order valence-corrected chi connectivity index (χ4v) is 2.11. The molecule has 0 amide bonds. The molecule has 0 spiro atoms. The third-order valence-corrected chi connectivity index (χ3v) is 3.19. The fraction of sp³-hybridized carbons (Fsp3) is 0.0625. The van der Waals surface area contributed by atoms with Gasteiger partial charge in [0, 0.05) is 30.6 Å². The third kappa shape index (κ3) is 3.56. The lowest BCUT2D eigenvalue weighted by Gasteiger charge is -2.08. The van der Waals surface area contributed by atoms with Crippen LogP contribution in [0, 0.1) is 5.82 Å². The highest BCUT2D eigenvalue weighted by atomic mass is 35.5. The van der Waals surface area contributed by atoms with Gasteiger partial charge in [0.15, 0.2) is 5.82 Å². The Labute approximate surface area is 132 Å². The summed E-state index contributed by atoms with van der Waals surface area (Å²) < 4.78 is 13.0. The Hall–Kier alpha value is -2.53. The van der Waals surface area contributed by atoms with E-state index in [9.17, 15) is 4.39 Å². The molecule has 3 rings (SSSR count). The van der Waals surface area contributed by atoms with Gasteiger partial charge >= 0.3 is 0 Å². The number of hydrogen-bond donors (Lipinski definition) is 1. The van der Waals surface area contributed by atoms with Crippen molar-refractivity contribution >= 4 is 17.4 Å². The van der Waals surface area contributed by atoms with E-state index in [0.717, 1.165) is 5.56 Å². The zero-order chi connectivity index (χ0) is 15.4. The number of nitrogens with zero attached hydrogens (tertiary/aromatic N) is 3. The van der Waals surface area contributed by atoms with E-state index in [2.05, 4.69) is 20.3 Å². The van der Waals surface area contributed by atoms with Gasteiger partial charge in [0.2, 0.25) is 0 Å². The van der Waals surface area contributed by atoms with Gasteiger partial charge in [-0.1, -0.05) is 17.7 Å². The molecule has 0 fully saturated rings. The van der Waals surface area contributed by atoms with E-state index < -0.39 is 0 Å². The van der Waals surface area contributed by atoms with Crippen molar-refractivity contribution in [3.63, 3.8) is 0 Å².